The van der Waals surface area contributed by atoms with Gasteiger partial charge in [-0.2, -0.15) is 0 Å². The maximum absolute atomic E-state index is 13.9. The van der Waals surface area contributed by atoms with Gasteiger partial charge in [0.05, 0.1) is 17.7 Å². The Balaban J connectivity index is 2.00. The van der Waals surface area contributed by atoms with E-state index in [4.69, 9.17) is 4.74 Å². The van der Waals surface area contributed by atoms with E-state index < -0.39 is 34.3 Å². The van der Waals surface area contributed by atoms with E-state index in [1.807, 2.05) is 31.2 Å². The summed E-state index contributed by atoms with van der Waals surface area (Å²) in [5.74, 6) is -1.03. The van der Waals surface area contributed by atoms with E-state index in [1.165, 1.54) is 48.4 Å². The fourth-order valence-electron chi connectivity index (χ4n) is 3.96. The van der Waals surface area contributed by atoms with Crippen LogP contribution in [0.15, 0.2) is 82.2 Å². The van der Waals surface area contributed by atoms with Crippen LogP contribution in [0.25, 0.3) is 0 Å². The highest BCUT2D eigenvalue weighted by molar-refractivity contribution is 9.10. The zero-order valence-corrected chi connectivity index (χ0v) is 25.0. The Kier molecular flexibility index (Phi) is 11.1. The summed E-state index contributed by atoms with van der Waals surface area (Å²) >= 11 is 3.43. The quantitative estimate of drug-likeness (QED) is 0.263. The molecular weight excluding hydrogens is 601 g/mol. The van der Waals surface area contributed by atoms with Crippen molar-refractivity contribution in [3.8, 4) is 5.75 Å². The number of unbranched alkanes of at least 4 members (excludes halogenated alkanes) is 1. The molecule has 40 heavy (non-hydrogen) atoms. The molecule has 0 spiro atoms. The van der Waals surface area contributed by atoms with Crippen molar-refractivity contribution in [1.82, 2.24) is 10.2 Å². The minimum atomic E-state index is -4.26. The first kappa shape index (κ1) is 31.1. The average Bonchev–Trinajstić information content (AvgIpc) is 2.94. The van der Waals surface area contributed by atoms with Gasteiger partial charge in [0, 0.05) is 17.6 Å². The van der Waals surface area contributed by atoms with Gasteiger partial charge < -0.3 is 15.0 Å². The molecule has 0 aliphatic rings. The van der Waals surface area contributed by atoms with Crippen LogP contribution < -0.4 is 14.4 Å². The number of amides is 2. The third-order valence-corrected chi connectivity index (χ3v) is 8.56. The summed E-state index contributed by atoms with van der Waals surface area (Å²) in [4.78, 5) is 28.1. The summed E-state index contributed by atoms with van der Waals surface area (Å²) in [7, 11) is -2.80. The zero-order valence-electron chi connectivity index (χ0n) is 22.6. The van der Waals surface area contributed by atoms with Crippen LogP contribution in [0.5, 0.6) is 5.75 Å². The molecule has 1 N–H and O–H groups in total. The number of hydrogen-bond donors (Lipinski definition) is 1. The van der Waals surface area contributed by atoms with Crippen LogP contribution >= 0.6 is 15.9 Å². The highest BCUT2D eigenvalue weighted by Crippen LogP contribution is 2.26. The van der Waals surface area contributed by atoms with Crippen molar-refractivity contribution in [2.45, 2.75) is 44.2 Å². The first-order valence-electron chi connectivity index (χ1n) is 12.8. The summed E-state index contributed by atoms with van der Waals surface area (Å²) in [6.07, 6.45) is 1.68. The number of carbonyl (C=O) groups excluding carboxylic acids is 2. The molecule has 0 heterocycles. The van der Waals surface area contributed by atoms with Gasteiger partial charge in [0.2, 0.25) is 11.8 Å². The molecule has 3 aromatic carbocycles. The number of halogens is 2. The van der Waals surface area contributed by atoms with Gasteiger partial charge in [-0.25, -0.2) is 12.8 Å². The molecule has 3 rings (SSSR count). The Hall–Kier alpha value is -3.44. The van der Waals surface area contributed by atoms with E-state index in [0.717, 1.165) is 39.3 Å². The minimum Gasteiger partial charge on any atom is -0.497 e. The van der Waals surface area contributed by atoms with Crippen molar-refractivity contribution in [3.05, 3.63) is 88.6 Å². The van der Waals surface area contributed by atoms with Gasteiger partial charge in [-0.1, -0.05) is 41.4 Å². The lowest BCUT2D eigenvalue weighted by Crippen LogP contribution is -2.51. The van der Waals surface area contributed by atoms with E-state index in [2.05, 4.69) is 21.2 Å². The van der Waals surface area contributed by atoms with Gasteiger partial charge in [-0.3, -0.25) is 13.9 Å². The molecular formula is C29H33BrFN3O5S. The number of hydrogen-bond acceptors (Lipinski definition) is 5. The number of anilines is 1. The Labute approximate surface area is 243 Å². The second-order valence-electron chi connectivity index (χ2n) is 9.14. The molecule has 0 radical (unpaired) electrons. The van der Waals surface area contributed by atoms with Crippen LogP contribution in [0.3, 0.4) is 0 Å². The lowest BCUT2D eigenvalue weighted by Gasteiger charge is -2.32. The van der Waals surface area contributed by atoms with Gasteiger partial charge >= 0.3 is 0 Å². The van der Waals surface area contributed by atoms with Crippen molar-refractivity contribution in [2.75, 3.05) is 24.5 Å². The second-order valence-corrected chi connectivity index (χ2v) is 11.9. The van der Waals surface area contributed by atoms with Crippen molar-refractivity contribution in [1.29, 1.82) is 0 Å². The van der Waals surface area contributed by atoms with Crippen LogP contribution in [0.2, 0.25) is 0 Å². The second kappa shape index (κ2) is 14.3. The smallest absolute Gasteiger partial charge is 0.264 e. The van der Waals surface area contributed by atoms with Crippen LogP contribution in [0, 0.1) is 5.82 Å². The third-order valence-electron chi connectivity index (χ3n) is 6.28. The lowest BCUT2D eigenvalue weighted by molar-refractivity contribution is -0.139. The molecule has 0 aromatic heterocycles. The number of ether oxygens (including phenoxy) is 1. The average molecular weight is 635 g/mol. The predicted molar refractivity (Wildman–Crippen MR) is 156 cm³/mol. The molecule has 1 unspecified atom stereocenters. The largest absolute Gasteiger partial charge is 0.497 e. The Bertz CT molecular complexity index is 1400. The maximum Gasteiger partial charge on any atom is 0.264 e. The van der Waals surface area contributed by atoms with Gasteiger partial charge in [0.1, 0.15) is 24.2 Å². The molecule has 0 bridgehead atoms. The first-order chi connectivity index (χ1) is 19.1. The number of carbonyl (C=O) groups is 2. The number of nitrogens with zero attached hydrogens (tertiary/aromatic N) is 2. The summed E-state index contributed by atoms with van der Waals surface area (Å²) < 4.78 is 48.2. The molecule has 2 amide bonds. The van der Waals surface area contributed by atoms with E-state index in [0.29, 0.717) is 12.3 Å². The summed E-state index contributed by atoms with van der Waals surface area (Å²) in [6, 6.07) is 17.0. The number of nitrogens with one attached hydrogen (secondary N) is 1. The third kappa shape index (κ3) is 8.04. The predicted octanol–water partition coefficient (Wildman–Crippen LogP) is 5.13. The molecule has 0 aliphatic heterocycles. The Morgan fingerprint density at radius 3 is 2.33 bits per heavy atom. The molecule has 3 aromatic rings. The summed E-state index contributed by atoms with van der Waals surface area (Å²) in [6.45, 7) is 3.54. The van der Waals surface area contributed by atoms with Crippen LogP contribution in [0.4, 0.5) is 10.1 Å². The lowest BCUT2D eigenvalue weighted by atomic mass is 10.1. The minimum absolute atomic E-state index is 0.0699. The molecule has 0 aliphatic carbocycles. The first-order valence-corrected chi connectivity index (χ1v) is 15.0. The molecule has 8 nitrogen and oxygen atoms in total. The number of benzene rings is 3. The monoisotopic (exact) mass is 633 g/mol. The van der Waals surface area contributed by atoms with Gasteiger partial charge in [0.25, 0.3) is 10.0 Å². The number of rotatable bonds is 13. The van der Waals surface area contributed by atoms with Gasteiger partial charge in [-0.15, -0.1) is 0 Å². The molecule has 0 fully saturated rings. The van der Waals surface area contributed by atoms with Crippen molar-refractivity contribution < 1.29 is 27.1 Å². The highest BCUT2D eigenvalue weighted by Gasteiger charge is 2.32. The fourth-order valence-corrected chi connectivity index (χ4v) is 5.82. The molecule has 214 valence electrons. The fraction of sp³-hybridized carbons (Fsp3) is 0.310. The highest BCUT2D eigenvalue weighted by atomic mass is 79.9. The van der Waals surface area contributed by atoms with Crippen molar-refractivity contribution in [3.63, 3.8) is 0 Å². The zero-order chi connectivity index (χ0) is 29.3. The number of methoxy groups -OCH3 is 1. The van der Waals surface area contributed by atoms with Gasteiger partial charge in [-0.05, 0) is 79.6 Å². The molecule has 0 saturated carbocycles. The standard InChI is InChI=1S/C29H33BrFN3O5S/c1-4-5-17-32-29(36)21(2)33(19-22-7-6-8-23(30)18-22)28(35)20-34(25-11-9-24(31)10-12-25)40(37,38)27-15-13-26(39-3)14-16-27/h6-16,18,21H,4-5,17,19-20H2,1-3H3,(H,32,36). The Morgan fingerprint density at radius 2 is 1.73 bits per heavy atom. The summed E-state index contributed by atoms with van der Waals surface area (Å²) in [5, 5.41) is 2.85. The summed E-state index contributed by atoms with van der Waals surface area (Å²) in [5.41, 5.74) is 0.857. The molecule has 11 heteroatoms. The Morgan fingerprint density at radius 1 is 1.05 bits per heavy atom. The van der Waals surface area contributed by atoms with E-state index in [-0.39, 0.29) is 23.0 Å². The van der Waals surface area contributed by atoms with Crippen molar-refractivity contribution >= 4 is 43.5 Å². The van der Waals surface area contributed by atoms with Crippen LogP contribution in [0.1, 0.15) is 32.3 Å². The molecule has 0 saturated heterocycles. The van der Waals surface area contributed by atoms with E-state index in [1.54, 1.807) is 6.92 Å². The van der Waals surface area contributed by atoms with Crippen molar-refractivity contribution in [2.24, 2.45) is 0 Å². The van der Waals surface area contributed by atoms with Gasteiger partial charge in [0.15, 0.2) is 0 Å². The van der Waals surface area contributed by atoms with Crippen LogP contribution in [-0.2, 0) is 26.2 Å². The SMILES string of the molecule is CCCCNC(=O)C(C)N(Cc1cccc(Br)c1)C(=O)CN(c1ccc(F)cc1)S(=O)(=O)c1ccc(OC)cc1. The normalized spacial score (nSPS) is 11.9. The number of sulfonamides is 1. The maximum atomic E-state index is 13.9. The van der Waals surface area contributed by atoms with E-state index in [9.17, 15) is 22.4 Å². The molecule has 1 atom stereocenters. The van der Waals surface area contributed by atoms with Crippen LogP contribution in [-0.4, -0.2) is 51.4 Å². The topological polar surface area (TPSA) is 96.0 Å². The van der Waals surface area contributed by atoms with E-state index >= 15 is 0 Å².